The van der Waals surface area contributed by atoms with Crippen molar-refractivity contribution in [1.82, 2.24) is 5.32 Å². The molecule has 1 unspecified atom stereocenters. The van der Waals surface area contributed by atoms with E-state index in [2.05, 4.69) is 5.32 Å². The van der Waals surface area contributed by atoms with Crippen molar-refractivity contribution in [2.45, 2.75) is 25.5 Å². The Hall–Kier alpha value is -1.91. The maximum atomic E-state index is 11.7. The average Bonchev–Trinajstić information content (AvgIpc) is 2.42. The van der Waals surface area contributed by atoms with Crippen LogP contribution in [0.1, 0.15) is 25.5 Å². The van der Waals surface area contributed by atoms with Crippen LogP contribution in [0.25, 0.3) is 10.8 Å². The van der Waals surface area contributed by atoms with Crippen LogP contribution < -0.4 is 11.1 Å². The number of hydrogen-bond acceptors (Lipinski definition) is 3. The molecule has 4 nitrogen and oxygen atoms in total. The van der Waals surface area contributed by atoms with Crippen molar-refractivity contribution in [2.75, 3.05) is 6.54 Å². The van der Waals surface area contributed by atoms with Gasteiger partial charge in [0.25, 0.3) is 0 Å². The van der Waals surface area contributed by atoms with Crippen LogP contribution in [0.15, 0.2) is 42.5 Å². The summed E-state index contributed by atoms with van der Waals surface area (Å²) in [6, 6.07) is 13.7. The Morgan fingerprint density at radius 3 is 2.55 bits per heavy atom. The average molecular weight is 272 g/mol. The largest absolute Gasteiger partial charge is 0.387 e. The summed E-state index contributed by atoms with van der Waals surface area (Å²) >= 11 is 0. The van der Waals surface area contributed by atoms with E-state index in [0.29, 0.717) is 0 Å². The minimum absolute atomic E-state index is 0.151. The molecule has 2 aromatic carbocycles. The Balaban J connectivity index is 2.08. The van der Waals surface area contributed by atoms with Crippen LogP contribution >= 0.6 is 0 Å². The van der Waals surface area contributed by atoms with Gasteiger partial charge in [0.1, 0.15) is 0 Å². The van der Waals surface area contributed by atoms with Crippen LogP contribution in [0.4, 0.5) is 0 Å². The first kappa shape index (κ1) is 14.5. The topological polar surface area (TPSA) is 75.4 Å². The molecule has 0 saturated heterocycles. The molecule has 0 spiro atoms. The van der Waals surface area contributed by atoms with Crippen LogP contribution in [-0.2, 0) is 4.79 Å². The van der Waals surface area contributed by atoms with E-state index in [1.54, 1.807) is 13.8 Å². The molecule has 0 aromatic heterocycles. The van der Waals surface area contributed by atoms with E-state index in [1.165, 1.54) is 0 Å². The van der Waals surface area contributed by atoms with Crippen molar-refractivity contribution < 1.29 is 9.90 Å². The van der Waals surface area contributed by atoms with Crippen LogP contribution in [0.2, 0.25) is 0 Å². The van der Waals surface area contributed by atoms with Crippen LogP contribution in [0, 0.1) is 0 Å². The highest BCUT2D eigenvalue weighted by molar-refractivity contribution is 5.85. The van der Waals surface area contributed by atoms with Crippen molar-refractivity contribution in [3.8, 4) is 0 Å². The van der Waals surface area contributed by atoms with E-state index < -0.39 is 11.6 Å². The molecule has 0 aliphatic carbocycles. The predicted molar refractivity (Wildman–Crippen MR) is 80.2 cm³/mol. The molecule has 0 fully saturated rings. The number of aliphatic hydroxyl groups excluding tert-OH is 1. The Morgan fingerprint density at radius 1 is 1.25 bits per heavy atom. The van der Waals surface area contributed by atoms with Crippen LogP contribution in [0.3, 0.4) is 0 Å². The fraction of sp³-hybridized carbons (Fsp3) is 0.312. The van der Waals surface area contributed by atoms with E-state index in [1.807, 2.05) is 42.5 Å². The van der Waals surface area contributed by atoms with Gasteiger partial charge in [0.2, 0.25) is 5.91 Å². The Labute approximate surface area is 118 Å². The Morgan fingerprint density at radius 2 is 1.90 bits per heavy atom. The molecule has 106 valence electrons. The van der Waals surface area contributed by atoms with Crippen molar-refractivity contribution in [2.24, 2.45) is 5.73 Å². The number of rotatable bonds is 4. The summed E-state index contributed by atoms with van der Waals surface area (Å²) in [6.45, 7) is 3.41. The number of hydrogen-bond donors (Lipinski definition) is 3. The zero-order valence-electron chi connectivity index (χ0n) is 11.8. The van der Waals surface area contributed by atoms with Crippen LogP contribution in [0.5, 0.6) is 0 Å². The lowest BCUT2D eigenvalue weighted by Crippen LogP contribution is -2.49. The molecular formula is C16H20N2O2. The molecule has 0 aliphatic rings. The summed E-state index contributed by atoms with van der Waals surface area (Å²) in [6.07, 6.45) is -0.745. The lowest BCUT2D eigenvalue weighted by atomic mass is 10.0. The monoisotopic (exact) mass is 272 g/mol. The highest BCUT2D eigenvalue weighted by Gasteiger charge is 2.22. The minimum atomic E-state index is -0.941. The van der Waals surface area contributed by atoms with Crippen molar-refractivity contribution in [3.63, 3.8) is 0 Å². The van der Waals surface area contributed by atoms with E-state index in [4.69, 9.17) is 5.73 Å². The van der Waals surface area contributed by atoms with Gasteiger partial charge in [-0.1, -0.05) is 36.4 Å². The van der Waals surface area contributed by atoms with Crippen molar-refractivity contribution in [3.05, 3.63) is 48.0 Å². The minimum Gasteiger partial charge on any atom is -0.387 e. The first-order valence-electron chi connectivity index (χ1n) is 6.62. The third-order valence-electron chi connectivity index (χ3n) is 3.20. The molecule has 0 saturated carbocycles. The number of nitrogens with two attached hydrogens (primary N) is 1. The number of benzene rings is 2. The van der Waals surface area contributed by atoms with Gasteiger partial charge in [-0.15, -0.1) is 0 Å². The van der Waals surface area contributed by atoms with Gasteiger partial charge in [-0.05, 0) is 36.2 Å². The summed E-state index contributed by atoms with van der Waals surface area (Å²) in [5.41, 5.74) is 5.52. The number of carbonyl (C=O) groups is 1. The molecule has 0 radical (unpaired) electrons. The summed E-state index contributed by atoms with van der Waals surface area (Å²) in [4.78, 5) is 11.7. The summed E-state index contributed by atoms with van der Waals surface area (Å²) in [5, 5.41) is 15.0. The fourth-order valence-electron chi connectivity index (χ4n) is 1.95. The Kier molecular flexibility index (Phi) is 4.06. The van der Waals surface area contributed by atoms with E-state index in [0.717, 1.165) is 16.3 Å². The summed E-state index contributed by atoms with van der Waals surface area (Å²) in [5.74, 6) is -0.280. The van der Waals surface area contributed by atoms with E-state index in [-0.39, 0.29) is 12.5 Å². The maximum Gasteiger partial charge on any atom is 0.239 e. The van der Waals surface area contributed by atoms with Crippen LogP contribution in [-0.4, -0.2) is 23.1 Å². The smallest absolute Gasteiger partial charge is 0.239 e. The third kappa shape index (κ3) is 3.35. The number of nitrogens with one attached hydrogen (secondary N) is 1. The van der Waals surface area contributed by atoms with Gasteiger partial charge in [-0.3, -0.25) is 4.79 Å². The molecule has 1 amide bonds. The van der Waals surface area contributed by atoms with Gasteiger partial charge in [-0.25, -0.2) is 0 Å². The van der Waals surface area contributed by atoms with Gasteiger partial charge >= 0.3 is 0 Å². The number of carbonyl (C=O) groups excluding carboxylic acids is 1. The number of amides is 1. The second kappa shape index (κ2) is 5.61. The van der Waals surface area contributed by atoms with E-state index >= 15 is 0 Å². The zero-order chi connectivity index (χ0) is 14.8. The standard InChI is InChI=1S/C16H20N2O2/c1-16(2,17)15(20)18-10-14(19)13-8-7-11-5-3-4-6-12(11)9-13/h3-9,14,19H,10,17H2,1-2H3,(H,18,20). The van der Waals surface area contributed by atoms with E-state index in [9.17, 15) is 9.90 Å². The summed E-state index contributed by atoms with van der Waals surface area (Å²) in [7, 11) is 0. The molecule has 1 atom stereocenters. The lowest BCUT2D eigenvalue weighted by Gasteiger charge is -2.19. The van der Waals surface area contributed by atoms with Gasteiger partial charge in [0.05, 0.1) is 11.6 Å². The number of fused-ring (bicyclic) bond motifs is 1. The van der Waals surface area contributed by atoms with Gasteiger partial charge in [0.15, 0.2) is 0 Å². The second-order valence-electron chi connectivity index (χ2n) is 5.55. The van der Waals surface area contributed by atoms with Crippen molar-refractivity contribution in [1.29, 1.82) is 0 Å². The first-order valence-corrected chi connectivity index (χ1v) is 6.62. The van der Waals surface area contributed by atoms with Gasteiger partial charge in [0, 0.05) is 6.54 Å². The Bertz CT molecular complexity index is 617. The molecule has 0 bridgehead atoms. The first-order chi connectivity index (χ1) is 9.38. The van der Waals surface area contributed by atoms with Crippen molar-refractivity contribution >= 4 is 16.7 Å². The molecular weight excluding hydrogens is 252 g/mol. The zero-order valence-corrected chi connectivity index (χ0v) is 11.8. The van der Waals surface area contributed by atoms with Gasteiger partial charge < -0.3 is 16.2 Å². The second-order valence-corrected chi connectivity index (χ2v) is 5.55. The quantitative estimate of drug-likeness (QED) is 0.793. The highest BCUT2D eigenvalue weighted by atomic mass is 16.3. The molecule has 4 heteroatoms. The van der Waals surface area contributed by atoms with Gasteiger partial charge in [-0.2, -0.15) is 0 Å². The summed E-state index contributed by atoms with van der Waals surface area (Å²) < 4.78 is 0. The highest BCUT2D eigenvalue weighted by Crippen LogP contribution is 2.20. The molecule has 20 heavy (non-hydrogen) atoms. The maximum absolute atomic E-state index is 11.7. The molecule has 0 heterocycles. The number of aliphatic hydroxyl groups is 1. The molecule has 4 N–H and O–H groups in total. The normalized spacial score (nSPS) is 13.2. The third-order valence-corrected chi connectivity index (χ3v) is 3.20. The predicted octanol–water partition coefficient (Wildman–Crippen LogP) is 1.73. The lowest BCUT2D eigenvalue weighted by molar-refractivity contribution is -0.125. The SMILES string of the molecule is CC(C)(N)C(=O)NCC(O)c1ccc2ccccc2c1. The fourth-order valence-corrected chi connectivity index (χ4v) is 1.95. The molecule has 2 aromatic rings. The molecule has 2 rings (SSSR count). The molecule has 0 aliphatic heterocycles.